The van der Waals surface area contributed by atoms with Crippen LogP contribution >= 0.6 is 0 Å². The van der Waals surface area contributed by atoms with Crippen molar-refractivity contribution in [3.05, 3.63) is 71.8 Å². The van der Waals surface area contributed by atoms with Gasteiger partial charge in [-0.1, -0.05) is 76.6 Å². The summed E-state index contributed by atoms with van der Waals surface area (Å²) in [5, 5.41) is 18.7. The quantitative estimate of drug-likeness (QED) is 0.185. The average molecular weight is 519 g/mol. The zero-order valence-electron chi connectivity index (χ0n) is 22.4. The van der Waals surface area contributed by atoms with Gasteiger partial charge >= 0.3 is 11.9 Å². The van der Waals surface area contributed by atoms with E-state index in [4.69, 9.17) is 9.47 Å². The normalized spacial score (nSPS) is 10.8. The minimum absolute atomic E-state index is 0.221. The molecule has 0 spiro atoms. The van der Waals surface area contributed by atoms with Gasteiger partial charge in [0.2, 0.25) is 0 Å². The first-order valence-electron chi connectivity index (χ1n) is 13.6. The van der Waals surface area contributed by atoms with Crippen LogP contribution in [0.4, 0.5) is 0 Å². The average Bonchev–Trinajstić information content (AvgIpc) is 2.93. The number of rotatable bonds is 16. The lowest BCUT2D eigenvalue weighted by Crippen LogP contribution is -2.03. The predicted molar refractivity (Wildman–Crippen MR) is 151 cm³/mol. The molecule has 0 aliphatic carbocycles. The molecule has 3 aromatic rings. The fraction of sp³-hybridized carbons (Fsp3) is 0.375. The second kappa shape index (κ2) is 14.8. The van der Waals surface area contributed by atoms with E-state index in [1.165, 1.54) is 0 Å². The number of benzene rings is 3. The molecule has 0 unspecified atom stereocenters. The van der Waals surface area contributed by atoms with Crippen molar-refractivity contribution >= 4 is 11.9 Å². The van der Waals surface area contributed by atoms with E-state index in [0.29, 0.717) is 24.7 Å². The van der Waals surface area contributed by atoms with Gasteiger partial charge in [0.25, 0.3) is 0 Å². The molecule has 202 valence electrons. The molecule has 0 atom stereocenters. The first-order chi connectivity index (χ1) is 18.4. The highest BCUT2D eigenvalue weighted by molar-refractivity contribution is 5.90. The highest BCUT2D eigenvalue weighted by Crippen LogP contribution is 2.41. The molecule has 0 radical (unpaired) electrons. The SMILES string of the molecule is CCCCCCOc1cc(-c2ccc(C(=O)O)cc2)c(OCCCCCC)cc1-c1ccc(C(=O)O)cc1. The molecule has 0 aliphatic rings. The maximum atomic E-state index is 11.4. The van der Waals surface area contributed by atoms with Crippen LogP contribution in [-0.2, 0) is 0 Å². The fourth-order valence-electron chi connectivity index (χ4n) is 4.26. The van der Waals surface area contributed by atoms with Crippen molar-refractivity contribution in [2.24, 2.45) is 0 Å². The highest BCUT2D eigenvalue weighted by Gasteiger charge is 2.17. The van der Waals surface area contributed by atoms with Gasteiger partial charge in [-0.15, -0.1) is 0 Å². The fourth-order valence-corrected chi connectivity index (χ4v) is 4.26. The third-order valence-electron chi connectivity index (χ3n) is 6.48. The number of carboxylic acids is 2. The summed E-state index contributed by atoms with van der Waals surface area (Å²) in [6.07, 6.45) is 8.62. The van der Waals surface area contributed by atoms with E-state index in [0.717, 1.165) is 73.6 Å². The number of carbonyl (C=O) groups is 2. The number of aromatic carboxylic acids is 2. The Hall–Kier alpha value is -3.80. The third kappa shape index (κ3) is 8.10. The molecule has 38 heavy (non-hydrogen) atoms. The standard InChI is InChI=1S/C32H38O6/c1-3-5-7-9-19-37-29-21-28(24-13-17-26(18-14-24)32(35)36)30(38-20-10-8-6-4-2)22-27(29)23-11-15-25(16-12-23)31(33)34/h11-18,21-22H,3-10,19-20H2,1-2H3,(H,33,34)(H,35,36). The number of ether oxygens (including phenoxy) is 2. The van der Waals surface area contributed by atoms with Gasteiger partial charge in [-0.25, -0.2) is 9.59 Å². The van der Waals surface area contributed by atoms with Gasteiger partial charge in [0.05, 0.1) is 24.3 Å². The summed E-state index contributed by atoms with van der Waals surface area (Å²) in [5.41, 5.74) is 3.76. The molecule has 0 aliphatic heterocycles. The van der Waals surface area contributed by atoms with Crippen LogP contribution in [0, 0.1) is 0 Å². The van der Waals surface area contributed by atoms with E-state index in [1.54, 1.807) is 48.5 Å². The summed E-state index contributed by atoms with van der Waals surface area (Å²) in [6.45, 7) is 5.47. The third-order valence-corrected chi connectivity index (χ3v) is 6.48. The monoisotopic (exact) mass is 518 g/mol. The summed E-state index contributed by atoms with van der Waals surface area (Å²) >= 11 is 0. The predicted octanol–water partition coefficient (Wildman–Crippen LogP) is 8.34. The Morgan fingerprint density at radius 2 is 0.947 bits per heavy atom. The van der Waals surface area contributed by atoms with Gasteiger partial charge in [-0.2, -0.15) is 0 Å². The Morgan fingerprint density at radius 3 is 1.26 bits per heavy atom. The van der Waals surface area contributed by atoms with Gasteiger partial charge in [-0.3, -0.25) is 0 Å². The zero-order valence-corrected chi connectivity index (χ0v) is 22.4. The molecule has 6 nitrogen and oxygen atoms in total. The summed E-state index contributed by atoms with van der Waals surface area (Å²) in [6, 6.07) is 17.4. The second-order valence-electron chi connectivity index (χ2n) is 9.43. The Kier molecular flexibility index (Phi) is 11.2. The molecule has 0 saturated heterocycles. The molecule has 0 bridgehead atoms. The highest BCUT2D eigenvalue weighted by atomic mass is 16.5. The van der Waals surface area contributed by atoms with E-state index in [9.17, 15) is 19.8 Å². The minimum Gasteiger partial charge on any atom is -0.493 e. The number of hydrogen-bond acceptors (Lipinski definition) is 4. The molecule has 2 N–H and O–H groups in total. The minimum atomic E-state index is -0.972. The van der Waals surface area contributed by atoms with Crippen LogP contribution in [0.1, 0.15) is 85.9 Å². The van der Waals surface area contributed by atoms with Crippen LogP contribution in [0.5, 0.6) is 11.5 Å². The van der Waals surface area contributed by atoms with Crippen molar-refractivity contribution in [3.8, 4) is 33.8 Å². The van der Waals surface area contributed by atoms with Crippen molar-refractivity contribution in [2.45, 2.75) is 65.2 Å². The lowest BCUT2D eigenvalue weighted by molar-refractivity contribution is 0.0686. The van der Waals surface area contributed by atoms with E-state index in [1.807, 2.05) is 12.1 Å². The summed E-state index contributed by atoms with van der Waals surface area (Å²) in [5.74, 6) is -0.583. The molecule has 3 aromatic carbocycles. The van der Waals surface area contributed by atoms with Crippen LogP contribution in [0.2, 0.25) is 0 Å². The lowest BCUT2D eigenvalue weighted by Gasteiger charge is -2.19. The Balaban J connectivity index is 2.03. The Bertz CT molecular complexity index is 1090. The van der Waals surface area contributed by atoms with Crippen molar-refractivity contribution < 1.29 is 29.3 Å². The first-order valence-corrected chi connectivity index (χ1v) is 13.6. The van der Waals surface area contributed by atoms with Gasteiger partial charge < -0.3 is 19.7 Å². The van der Waals surface area contributed by atoms with Gasteiger partial charge in [0, 0.05) is 11.1 Å². The summed E-state index contributed by atoms with van der Waals surface area (Å²) in [4.78, 5) is 22.8. The second-order valence-corrected chi connectivity index (χ2v) is 9.43. The van der Waals surface area contributed by atoms with Gasteiger partial charge in [0.15, 0.2) is 0 Å². The van der Waals surface area contributed by atoms with Crippen LogP contribution in [0.15, 0.2) is 60.7 Å². The van der Waals surface area contributed by atoms with E-state index in [-0.39, 0.29) is 11.1 Å². The van der Waals surface area contributed by atoms with Crippen molar-refractivity contribution in [2.75, 3.05) is 13.2 Å². The molecule has 6 heteroatoms. The largest absolute Gasteiger partial charge is 0.493 e. The van der Waals surface area contributed by atoms with Gasteiger partial charge in [0.1, 0.15) is 11.5 Å². The van der Waals surface area contributed by atoms with Crippen LogP contribution in [0.25, 0.3) is 22.3 Å². The number of hydrogen-bond donors (Lipinski definition) is 2. The zero-order chi connectivity index (χ0) is 27.3. The van der Waals surface area contributed by atoms with Crippen LogP contribution in [-0.4, -0.2) is 35.4 Å². The van der Waals surface area contributed by atoms with Crippen LogP contribution in [0.3, 0.4) is 0 Å². The molecule has 0 fully saturated rings. The maximum absolute atomic E-state index is 11.4. The molecule has 0 saturated carbocycles. The van der Waals surface area contributed by atoms with Crippen LogP contribution < -0.4 is 9.47 Å². The Morgan fingerprint density at radius 1 is 0.579 bits per heavy atom. The van der Waals surface area contributed by atoms with Crippen molar-refractivity contribution in [3.63, 3.8) is 0 Å². The van der Waals surface area contributed by atoms with E-state index < -0.39 is 11.9 Å². The summed E-state index contributed by atoms with van der Waals surface area (Å²) < 4.78 is 12.6. The van der Waals surface area contributed by atoms with Gasteiger partial charge in [-0.05, 0) is 60.4 Å². The molecular formula is C32H38O6. The molecule has 0 amide bonds. The Labute approximate surface area is 225 Å². The van der Waals surface area contributed by atoms with E-state index in [2.05, 4.69) is 13.8 Å². The smallest absolute Gasteiger partial charge is 0.335 e. The topological polar surface area (TPSA) is 93.1 Å². The lowest BCUT2D eigenvalue weighted by atomic mass is 9.96. The molecular weight excluding hydrogens is 480 g/mol. The van der Waals surface area contributed by atoms with Crippen molar-refractivity contribution in [1.29, 1.82) is 0 Å². The molecule has 3 rings (SSSR count). The summed E-state index contributed by atoms with van der Waals surface area (Å²) in [7, 11) is 0. The van der Waals surface area contributed by atoms with E-state index >= 15 is 0 Å². The molecule has 0 aromatic heterocycles. The van der Waals surface area contributed by atoms with Crippen molar-refractivity contribution in [1.82, 2.24) is 0 Å². The number of unbranched alkanes of at least 4 members (excludes halogenated alkanes) is 6. The maximum Gasteiger partial charge on any atom is 0.335 e. The first kappa shape index (κ1) is 28.8. The molecule has 0 heterocycles. The number of carboxylic acid groups (broad SMARTS) is 2.